The van der Waals surface area contributed by atoms with Crippen LogP contribution < -0.4 is 4.57 Å². The van der Waals surface area contributed by atoms with E-state index < -0.39 is 15.9 Å². The van der Waals surface area contributed by atoms with Crippen molar-refractivity contribution >= 4 is 21.0 Å². The van der Waals surface area contributed by atoms with Crippen molar-refractivity contribution in [3.05, 3.63) is 78.0 Å². The fourth-order valence-electron chi connectivity index (χ4n) is 2.22. The Hall–Kier alpha value is -2.24. The molecule has 0 spiro atoms. The fourth-order valence-corrected chi connectivity index (χ4v) is 2.83. The minimum absolute atomic E-state index is 0.423. The van der Waals surface area contributed by atoms with E-state index in [-0.39, 0.29) is 0 Å². The highest BCUT2D eigenvalue weighted by Crippen LogP contribution is 2.08. The molecule has 0 radical (unpaired) electrons. The first kappa shape index (κ1) is 17.1. The van der Waals surface area contributed by atoms with Gasteiger partial charge in [-0.15, -0.1) is 0 Å². The Bertz CT molecular complexity index is 891. The van der Waals surface area contributed by atoms with Crippen molar-refractivity contribution in [1.82, 2.24) is 0 Å². The molecule has 0 unspecified atom stereocenters. The zero-order valence-corrected chi connectivity index (χ0v) is 14.0. The van der Waals surface area contributed by atoms with Crippen LogP contribution in [0.4, 0.5) is 0 Å². The Morgan fingerprint density at radius 3 is 2.17 bits per heavy atom. The summed E-state index contributed by atoms with van der Waals surface area (Å²) in [5, 5.41) is 1.30. The molecule has 0 fully saturated rings. The summed E-state index contributed by atoms with van der Waals surface area (Å²) in [5.74, 6) is -0.423. The minimum atomic E-state index is -4.13. The van der Waals surface area contributed by atoms with E-state index in [1.807, 2.05) is 0 Å². The van der Waals surface area contributed by atoms with Crippen molar-refractivity contribution in [3.63, 3.8) is 0 Å². The first-order valence-corrected chi connectivity index (χ1v) is 8.76. The second-order valence-electron chi connectivity index (χ2n) is 5.28. The second kappa shape index (κ2) is 7.35. The van der Waals surface area contributed by atoms with E-state index in [9.17, 15) is 13.0 Å². The first-order valence-electron chi connectivity index (χ1n) is 7.19. The van der Waals surface area contributed by atoms with Crippen LogP contribution in [-0.4, -0.2) is 13.0 Å². The number of benzene rings is 2. The smallest absolute Gasteiger partial charge is 0.212 e. The van der Waals surface area contributed by atoms with Crippen LogP contribution in [0.5, 0.6) is 0 Å². The molecule has 3 rings (SSSR count). The van der Waals surface area contributed by atoms with Gasteiger partial charge >= 0.3 is 0 Å². The summed E-state index contributed by atoms with van der Waals surface area (Å²) in [4.78, 5) is 0. The summed E-state index contributed by atoms with van der Waals surface area (Å²) in [6, 6.07) is 21.1. The van der Waals surface area contributed by atoms with Crippen molar-refractivity contribution in [2.75, 3.05) is 0 Å². The van der Waals surface area contributed by atoms with Crippen LogP contribution >= 0.6 is 0 Å². The Morgan fingerprint density at radius 2 is 1.52 bits per heavy atom. The van der Waals surface area contributed by atoms with Gasteiger partial charge in [0.2, 0.25) is 5.52 Å². The molecule has 23 heavy (non-hydrogen) atoms. The lowest BCUT2D eigenvalue weighted by Gasteiger charge is -2.05. The first-order chi connectivity index (χ1) is 10.9. The lowest BCUT2D eigenvalue weighted by Crippen LogP contribution is -2.32. The third-order valence-corrected chi connectivity index (χ3v) is 4.20. The Labute approximate surface area is 136 Å². The molecule has 0 N–H and O–H groups in total. The summed E-state index contributed by atoms with van der Waals surface area (Å²) >= 11 is 0. The van der Waals surface area contributed by atoms with Crippen molar-refractivity contribution in [1.29, 1.82) is 0 Å². The molecule has 1 heterocycles. The highest BCUT2D eigenvalue weighted by molar-refractivity contribution is 7.84. The molecule has 0 atom stereocenters. The number of pyridine rings is 1. The molecule has 0 saturated carbocycles. The Kier molecular flexibility index (Phi) is 5.47. The Morgan fingerprint density at radius 1 is 0.913 bits per heavy atom. The zero-order valence-electron chi connectivity index (χ0n) is 13.1. The largest absolute Gasteiger partial charge is 0.748 e. The predicted molar refractivity (Wildman–Crippen MR) is 89.7 cm³/mol. The lowest BCUT2D eigenvalue weighted by atomic mass is 10.2. The van der Waals surface area contributed by atoms with Crippen LogP contribution in [0.3, 0.4) is 0 Å². The molecule has 120 valence electrons. The van der Waals surface area contributed by atoms with Gasteiger partial charge in [0.25, 0.3) is 0 Å². The Balaban J connectivity index is 0.000000168. The maximum absolute atomic E-state index is 10.2. The summed E-state index contributed by atoms with van der Waals surface area (Å²) in [6.45, 7) is 2.12. The van der Waals surface area contributed by atoms with Gasteiger partial charge in [-0.05, 0) is 17.7 Å². The minimum Gasteiger partial charge on any atom is -0.748 e. The van der Waals surface area contributed by atoms with Gasteiger partial charge in [-0.2, -0.15) is 4.57 Å². The SMILES string of the molecule is Cc1ccc2ccccc2[n+]1C.O=S(=O)([O-])Cc1ccccc1. The van der Waals surface area contributed by atoms with E-state index >= 15 is 0 Å². The fraction of sp³-hybridized carbons (Fsp3) is 0.167. The summed E-state index contributed by atoms with van der Waals surface area (Å²) in [7, 11) is -2.03. The number of rotatable bonds is 2. The molecule has 0 aliphatic carbocycles. The number of aromatic nitrogens is 1. The van der Waals surface area contributed by atoms with E-state index in [0.717, 1.165) is 0 Å². The quantitative estimate of drug-likeness (QED) is 0.536. The van der Waals surface area contributed by atoms with Crippen LogP contribution in [0, 0.1) is 6.92 Å². The van der Waals surface area contributed by atoms with Gasteiger partial charge in [-0.3, -0.25) is 0 Å². The second-order valence-corrected chi connectivity index (χ2v) is 6.68. The van der Waals surface area contributed by atoms with Gasteiger partial charge in [-0.25, -0.2) is 8.42 Å². The lowest BCUT2D eigenvalue weighted by molar-refractivity contribution is -0.651. The third kappa shape index (κ3) is 5.16. The van der Waals surface area contributed by atoms with E-state index in [0.29, 0.717) is 5.56 Å². The summed E-state index contributed by atoms with van der Waals surface area (Å²) in [6.07, 6.45) is 0. The number of para-hydroxylation sites is 1. The number of aryl methyl sites for hydroxylation is 2. The third-order valence-electron chi connectivity index (χ3n) is 3.52. The number of fused-ring (bicyclic) bond motifs is 1. The molecule has 5 heteroatoms. The maximum atomic E-state index is 10.2. The topological polar surface area (TPSA) is 61.1 Å². The van der Waals surface area contributed by atoms with E-state index in [1.54, 1.807) is 30.3 Å². The van der Waals surface area contributed by atoms with Crippen molar-refractivity contribution in [2.24, 2.45) is 7.05 Å². The number of nitrogens with zero attached hydrogens (tertiary/aromatic N) is 1. The molecule has 0 bridgehead atoms. The van der Waals surface area contributed by atoms with Gasteiger partial charge < -0.3 is 4.55 Å². The highest BCUT2D eigenvalue weighted by atomic mass is 32.2. The van der Waals surface area contributed by atoms with Gasteiger partial charge in [0, 0.05) is 24.4 Å². The monoisotopic (exact) mass is 329 g/mol. The summed E-state index contributed by atoms with van der Waals surface area (Å²) < 4.78 is 32.9. The van der Waals surface area contributed by atoms with Crippen LogP contribution in [0.25, 0.3) is 10.9 Å². The zero-order chi connectivity index (χ0) is 16.9. The van der Waals surface area contributed by atoms with Gasteiger partial charge in [-0.1, -0.05) is 42.5 Å². The van der Waals surface area contributed by atoms with Gasteiger partial charge in [0.05, 0.1) is 15.9 Å². The molecular weight excluding hydrogens is 310 g/mol. The maximum Gasteiger partial charge on any atom is 0.212 e. The van der Waals surface area contributed by atoms with E-state index in [4.69, 9.17) is 0 Å². The number of hydrogen-bond donors (Lipinski definition) is 0. The molecule has 2 aromatic carbocycles. The average Bonchev–Trinajstić information content (AvgIpc) is 2.51. The van der Waals surface area contributed by atoms with Crippen molar-refractivity contribution < 1.29 is 17.5 Å². The van der Waals surface area contributed by atoms with Crippen molar-refractivity contribution in [2.45, 2.75) is 12.7 Å². The molecule has 3 aromatic rings. The summed E-state index contributed by atoms with van der Waals surface area (Å²) in [5.41, 5.74) is 3.11. The molecule has 4 nitrogen and oxygen atoms in total. The normalized spacial score (nSPS) is 10.9. The predicted octanol–water partition coefficient (Wildman–Crippen LogP) is 2.70. The molecule has 0 saturated heterocycles. The molecule has 0 amide bonds. The highest BCUT2D eigenvalue weighted by Gasteiger charge is 2.05. The van der Waals surface area contributed by atoms with Gasteiger partial charge in [0.1, 0.15) is 7.05 Å². The van der Waals surface area contributed by atoms with Crippen LogP contribution in [-0.2, 0) is 22.9 Å². The molecule has 1 aromatic heterocycles. The number of hydrogen-bond acceptors (Lipinski definition) is 3. The molecular formula is C18H19NO3S. The van der Waals surface area contributed by atoms with Crippen LogP contribution in [0.1, 0.15) is 11.3 Å². The van der Waals surface area contributed by atoms with Crippen LogP contribution in [0.15, 0.2) is 66.7 Å². The van der Waals surface area contributed by atoms with Crippen molar-refractivity contribution in [3.8, 4) is 0 Å². The van der Waals surface area contributed by atoms with Crippen LogP contribution in [0.2, 0.25) is 0 Å². The van der Waals surface area contributed by atoms with E-state index in [2.05, 4.69) is 54.9 Å². The standard InChI is InChI=1S/C11H12N.C7H8O3S/c1-9-7-8-10-5-3-4-6-11(10)12(9)2;8-11(9,10)6-7-4-2-1-3-5-7/h3-8H,1-2H3;1-5H,6H2,(H,8,9,10)/q+1;/p-1. The molecule has 0 aliphatic rings. The van der Waals surface area contributed by atoms with E-state index in [1.165, 1.54) is 16.6 Å². The average molecular weight is 329 g/mol. The van der Waals surface area contributed by atoms with Gasteiger partial charge in [0.15, 0.2) is 5.69 Å². The molecule has 0 aliphatic heterocycles.